The predicted molar refractivity (Wildman–Crippen MR) is 113 cm³/mol. The molecule has 1 heterocycles. The molecule has 0 unspecified atom stereocenters. The average molecular weight is 433 g/mol. The molecule has 0 spiro atoms. The van der Waals surface area contributed by atoms with Crippen LogP contribution < -0.4 is 5.32 Å². The molecule has 0 bridgehead atoms. The van der Waals surface area contributed by atoms with E-state index >= 15 is 0 Å². The molecule has 0 radical (unpaired) electrons. The number of phenols is 1. The number of aromatic nitrogens is 1. The van der Waals surface area contributed by atoms with Gasteiger partial charge >= 0.3 is 0 Å². The number of nitrogens with zero attached hydrogens (tertiary/aromatic N) is 1. The van der Waals surface area contributed by atoms with Gasteiger partial charge in [-0.1, -0.05) is 64.5 Å². The number of hydrogen-bond acceptors (Lipinski definition) is 3. The number of carbonyl (C=O) groups excluding carboxylic acids is 1. The largest absolute Gasteiger partial charge is 0.505 e. The summed E-state index contributed by atoms with van der Waals surface area (Å²) in [5.41, 5.74) is 2.52. The lowest BCUT2D eigenvalue weighted by Crippen LogP contribution is -2.29. The third-order valence-electron chi connectivity index (χ3n) is 4.60. The van der Waals surface area contributed by atoms with Crippen molar-refractivity contribution < 1.29 is 9.90 Å². The molecule has 1 aromatic heterocycles. The molecule has 0 saturated carbocycles. The van der Waals surface area contributed by atoms with Crippen molar-refractivity contribution in [1.82, 2.24) is 10.3 Å². The van der Waals surface area contributed by atoms with Crippen molar-refractivity contribution in [2.24, 2.45) is 0 Å². The number of aromatic hydroxyl groups is 1. The highest BCUT2D eigenvalue weighted by Crippen LogP contribution is 2.35. The first-order valence-electron chi connectivity index (χ1n) is 8.81. The second-order valence-electron chi connectivity index (χ2n) is 6.40. The quantitative estimate of drug-likeness (QED) is 0.464. The first-order chi connectivity index (χ1) is 13.6. The van der Waals surface area contributed by atoms with Crippen LogP contribution in [0.4, 0.5) is 0 Å². The van der Waals surface area contributed by atoms with Gasteiger partial charge in [-0.3, -0.25) is 9.78 Å². The van der Waals surface area contributed by atoms with E-state index in [1.807, 2.05) is 66.7 Å². The Bertz CT molecular complexity index is 1130. The molecule has 4 nitrogen and oxygen atoms in total. The zero-order valence-electron chi connectivity index (χ0n) is 14.8. The smallest absolute Gasteiger partial charge is 0.252 e. The standard InChI is InChI=1S/C23H17BrN2O2/c24-18-11-8-16(9-12-18)20(26-23(28)17-5-2-1-3-6-17)19-13-10-15-7-4-14-25-21(15)22(19)27/h1-14,20,27H,(H,26,28)/t20-/m0/s1. The van der Waals surface area contributed by atoms with Crippen molar-refractivity contribution in [2.45, 2.75) is 6.04 Å². The number of hydrogen-bond donors (Lipinski definition) is 2. The van der Waals surface area contributed by atoms with Crippen LogP contribution in [0.1, 0.15) is 27.5 Å². The van der Waals surface area contributed by atoms with E-state index in [0.29, 0.717) is 16.6 Å². The summed E-state index contributed by atoms with van der Waals surface area (Å²) in [6.07, 6.45) is 1.64. The van der Waals surface area contributed by atoms with Crippen LogP contribution in [-0.4, -0.2) is 16.0 Å². The topological polar surface area (TPSA) is 62.2 Å². The summed E-state index contributed by atoms with van der Waals surface area (Å²) in [6, 6.07) is 23.6. The number of amides is 1. The Morgan fingerprint density at radius 3 is 2.43 bits per heavy atom. The normalized spacial score (nSPS) is 11.9. The van der Waals surface area contributed by atoms with Crippen molar-refractivity contribution >= 4 is 32.7 Å². The van der Waals surface area contributed by atoms with Crippen LogP contribution in [0.5, 0.6) is 5.75 Å². The van der Waals surface area contributed by atoms with Crippen LogP contribution >= 0.6 is 15.9 Å². The number of pyridine rings is 1. The zero-order chi connectivity index (χ0) is 19.5. The van der Waals surface area contributed by atoms with E-state index in [2.05, 4.69) is 26.2 Å². The lowest BCUT2D eigenvalue weighted by atomic mass is 9.96. The van der Waals surface area contributed by atoms with E-state index in [1.165, 1.54) is 0 Å². The number of nitrogens with one attached hydrogen (secondary N) is 1. The Morgan fingerprint density at radius 2 is 1.68 bits per heavy atom. The van der Waals surface area contributed by atoms with E-state index in [0.717, 1.165) is 15.4 Å². The van der Waals surface area contributed by atoms with Gasteiger partial charge in [0.05, 0.1) is 6.04 Å². The lowest BCUT2D eigenvalue weighted by Gasteiger charge is -2.21. The van der Waals surface area contributed by atoms with E-state index in [1.54, 1.807) is 18.3 Å². The highest BCUT2D eigenvalue weighted by atomic mass is 79.9. The summed E-state index contributed by atoms with van der Waals surface area (Å²) < 4.78 is 0.939. The number of fused-ring (bicyclic) bond motifs is 1. The third-order valence-corrected chi connectivity index (χ3v) is 5.13. The molecular weight excluding hydrogens is 416 g/mol. The van der Waals surface area contributed by atoms with Gasteiger partial charge in [0.2, 0.25) is 0 Å². The van der Waals surface area contributed by atoms with Gasteiger partial charge in [-0.05, 0) is 35.9 Å². The van der Waals surface area contributed by atoms with Gasteiger partial charge < -0.3 is 10.4 Å². The zero-order valence-corrected chi connectivity index (χ0v) is 16.4. The summed E-state index contributed by atoms with van der Waals surface area (Å²) in [5.74, 6) is -0.145. The molecule has 0 aliphatic rings. The number of rotatable bonds is 4. The van der Waals surface area contributed by atoms with Crippen LogP contribution in [0.2, 0.25) is 0 Å². The Hall–Kier alpha value is -3.18. The molecule has 2 N–H and O–H groups in total. The van der Waals surface area contributed by atoms with Gasteiger partial charge in [-0.15, -0.1) is 0 Å². The Morgan fingerprint density at radius 1 is 0.929 bits per heavy atom. The lowest BCUT2D eigenvalue weighted by molar-refractivity contribution is 0.0942. The minimum absolute atomic E-state index is 0.0689. The summed E-state index contributed by atoms with van der Waals surface area (Å²) in [6.45, 7) is 0. The molecule has 0 fully saturated rings. The molecule has 28 heavy (non-hydrogen) atoms. The minimum atomic E-state index is -0.521. The van der Waals surface area contributed by atoms with E-state index < -0.39 is 6.04 Å². The van der Waals surface area contributed by atoms with Gasteiger partial charge in [0.1, 0.15) is 11.3 Å². The van der Waals surface area contributed by atoms with Crippen molar-refractivity contribution in [3.05, 3.63) is 106 Å². The summed E-state index contributed by atoms with van der Waals surface area (Å²) in [7, 11) is 0. The van der Waals surface area contributed by atoms with Crippen LogP contribution in [0.25, 0.3) is 10.9 Å². The molecule has 4 aromatic rings. The third kappa shape index (κ3) is 3.62. The molecule has 0 aliphatic heterocycles. The SMILES string of the molecule is O=C(N[C@@H](c1ccc(Br)cc1)c1ccc2cccnc2c1O)c1ccccc1. The molecule has 1 atom stereocenters. The molecule has 3 aromatic carbocycles. The average Bonchev–Trinajstić information content (AvgIpc) is 2.74. The van der Waals surface area contributed by atoms with Gasteiger partial charge in [-0.25, -0.2) is 0 Å². The second kappa shape index (κ2) is 7.82. The Kier molecular flexibility index (Phi) is 5.08. The number of halogens is 1. The Labute approximate surface area is 171 Å². The summed E-state index contributed by atoms with van der Waals surface area (Å²) in [5, 5.41) is 14.8. The van der Waals surface area contributed by atoms with E-state index in [9.17, 15) is 9.90 Å². The van der Waals surface area contributed by atoms with Gasteiger partial charge in [0, 0.05) is 27.2 Å². The van der Waals surface area contributed by atoms with Crippen LogP contribution in [-0.2, 0) is 0 Å². The molecule has 4 rings (SSSR count). The fourth-order valence-electron chi connectivity index (χ4n) is 3.18. The molecule has 5 heteroatoms. The minimum Gasteiger partial charge on any atom is -0.505 e. The highest BCUT2D eigenvalue weighted by Gasteiger charge is 2.22. The first kappa shape index (κ1) is 18.2. The van der Waals surface area contributed by atoms with Gasteiger partial charge in [-0.2, -0.15) is 0 Å². The van der Waals surface area contributed by atoms with Crippen molar-refractivity contribution in [2.75, 3.05) is 0 Å². The summed E-state index contributed by atoms with van der Waals surface area (Å²) >= 11 is 3.44. The maximum Gasteiger partial charge on any atom is 0.252 e. The molecule has 0 aliphatic carbocycles. The first-order valence-corrected chi connectivity index (χ1v) is 9.61. The van der Waals surface area contributed by atoms with Crippen molar-refractivity contribution in [3.8, 4) is 5.75 Å². The fraction of sp³-hybridized carbons (Fsp3) is 0.0435. The van der Waals surface area contributed by atoms with Crippen molar-refractivity contribution in [1.29, 1.82) is 0 Å². The molecular formula is C23H17BrN2O2. The predicted octanol–water partition coefficient (Wildman–Crippen LogP) is 5.22. The monoisotopic (exact) mass is 432 g/mol. The Balaban J connectivity index is 1.80. The fourth-order valence-corrected chi connectivity index (χ4v) is 3.44. The maximum absolute atomic E-state index is 12.8. The number of benzene rings is 3. The van der Waals surface area contributed by atoms with Gasteiger partial charge in [0.25, 0.3) is 5.91 Å². The highest BCUT2D eigenvalue weighted by molar-refractivity contribution is 9.10. The number of carbonyl (C=O) groups is 1. The molecule has 138 valence electrons. The van der Waals surface area contributed by atoms with Crippen LogP contribution in [0.3, 0.4) is 0 Å². The molecule has 0 saturated heterocycles. The van der Waals surface area contributed by atoms with E-state index in [-0.39, 0.29) is 11.7 Å². The van der Waals surface area contributed by atoms with Crippen LogP contribution in [0.15, 0.2) is 89.5 Å². The summed E-state index contributed by atoms with van der Waals surface area (Å²) in [4.78, 5) is 17.1. The number of phenolic OH excluding ortho intramolecular Hbond substituents is 1. The van der Waals surface area contributed by atoms with E-state index in [4.69, 9.17) is 0 Å². The van der Waals surface area contributed by atoms with Gasteiger partial charge in [0.15, 0.2) is 0 Å². The maximum atomic E-state index is 12.8. The van der Waals surface area contributed by atoms with Crippen molar-refractivity contribution in [3.63, 3.8) is 0 Å². The second-order valence-corrected chi connectivity index (χ2v) is 7.32. The molecule has 1 amide bonds. The van der Waals surface area contributed by atoms with Crippen LogP contribution in [0, 0.1) is 0 Å².